The van der Waals surface area contributed by atoms with Gasteiger partial charge in [0.1, 0.15) is 5.94 Å². The number of ether oxygens (including phenoxy) is 1. The maximum absolute atomic E-state index is 11.7. The number of hydrogen-bond donors (Lipinski definition) is 0. The van der Waals surface area contributed by atoms with E-state index in [9.17, 15) is 18.0 Å². The molecule has 0 heterocycles. The van der Waals surface area contributed by atoms with Crippen LogP contribution in [0.15, 0.2) is 29.2 Å². The van der Waals surface area contributed by atoms with E-state index in [4.69, 9.17) is 0 Å². The van der Waals surface area contributed by atoms with Crippen molar-refractivity contribution in [3.8, 4) is 0 Å². The molecule has 0 unspecified atom stereocenters. The average Bonchev–Trinajstić information content (AvgIpc) is 2.19. The number of carbonyl (C=O) groups is 1. The number of benzene rings is 1. The molecule has 0 radical (unpaired) electrons. The highest BCUT2D eigenvalue weighted by atomic mass is 32.2. The molecule has 0 amide bonds. The summed E-state index contributed by atoms with van der Waals surface area (Å²) in [4.78, 5) is 11.1. The largest absolute Gasteiger partial charge is 0.490 e. The first kappa shape index (κ1) is 12.9. The van der Waals surface area contributed by atoms with Crippen LogP contribution in [0.5, 0.6) is 0 Å². The average molecular weight is 250 g/mol. The molecule has 0 aliphatic carbocycles. The zero-order chi connectivity index (χ0) is 12.2. The summed E-state index contributed by atoms with van der Waals surface area (Å²) in [5, 5.41) is 0. The molecule has 0 saturated heterocycles. The molecule has 16 heavy (non-hydrogen) atoms. The number of aryl methyl sites for hydroxylation is 1. The Labute approximate surface area is 94.8 Å². The maximum atomic E-state index is 11.7. The van der Waals surface area contributed by atoms with Gasteiger partial charge in [0.15, 0.2) is 0 Å². The van der Waals surface area contributed by atoms with Gasteiger partial charge in [0, 0.05) is 4.90 Å². The minimum atomic E-state index is -4.92. The third kappa shape index (κ3) is 4.14. The molecule has 6 heteroatoms. The van der Waals surface area contributed by atoms with Crippen LogP contribution in [0.1, 0.15) is 5.56 Å². The zero-order valence-electron chi connectivity index (χ0n) is 8.38. The monoisotopic (exact) mass is 250 g/mol. The Morgan fingerprint density at radius 1 is 1.31 bits per heavy atom. The van der Waals surface area contributed by atoms with Gasteiger partial charge in [-0.3, -0.25) is 0 Å². The van der Waals surface area contributed by atoms with Crippen LogP contribution in [-0.2, 0) is 9.53 Å². The SMILES string of the molecule is Cc1ccc(SCOC(=O)C(F)(F)F)cc1. The van der Waals surface area contributed by atoms with Crippen LogP contribution in [0, 0.1) is 6.92 Å². The fourth-order valence-electron chi connectivity index (χ4n) is 0.867. The third-order valence-electron chi connectivity index (χ3n) is 1.67. The molecule has 1 rings (SSSR count). The van der Waals surface area contributed by atoms with Gasteiger partial charge in [-0.05, 0) is 19.1 Å². The topological polar surface area (TPSA) is 26.3 Å². The first-order chi connectivity index (χ1) is 7.39. The molecule has 0 bridgehead atoms. The van der Waals surface area contributed by atoms with Gasteiger partial charge >= 0.3 is 12.1 Å². The lowest BCUT2D eigenvalue weighted by Crippen LogP contribution is -2.25. The lowest BCUT2D eigenvalue weighted by atomic mass is 10.2. The highest BCUT2D eigenvalue weighted by Gasteiger charge is 2.40. The summed E-state index contributed by atoms with van der Waals surface area (Å²) in [5.41, 5.74) is 1.05. The summed E-state index contributed by atoms with van der Waals surface area (Å²) in [6.07, 6.45) is -4.92. The summed E-state index contributed by atoms with van der Waals surface area (Å²) < 4.78 is 39.3. The van der Waals surface area contributed by atoms with Crippen molar-refractivity contribution < 1.29 is 22.7 Å². The van der Waals surface area contributed by atoms with Gasteiger partial charge < -0.3 is 4.74 Å². The molecule has 0 aromatic heterocycles. The standard InChI is InChI=1S/C10H9F3O2S/c1-7-2-4-8(5-3-7)16-6-15-9(14)10(11,12)13/h2-5H,6H2,1H3. The van der Waals surface area contributed by atoms with Gasteiger partial charge in [-0.2, -0.15) is 13.2 Å². The minimum Gasteiger partial charge on any atom is -0.448 e. The van der Waals surface area contributed by atoms with Gasteiger partial charge in [-0.25, -0.2) is 4.79 Å². The van der Waals surface area contributed by atoms with E-state index in [1.54, 1.807) is 12.1 Å². The Hall–Kier alpha value is -1.17. The highest BCUT2D eigenvalue weighted by molar-refractivity contribution is 7.99. The molecule has 0 aliphatic heterocycles. The van der Waals surface area contributed by atoms with Crippen LogP contribution in [0.2, 0.25) is 0 Å². The van der Waals surface area contributed by atoms with E-state index in [0.717, 1.165) is 22.2 Å². The maximum Gasteiger partial charge on any atom is 0.490 e. The molecule has 0 atom stereocenters. The minimum absolute atomic E-state index is 0.346. The quantitative estimate of drug-likeness (QED) is 0.468. The molecule has 0 N–H and O–H groups in total. The number of carbonyl (C=O) groups excluding carboxylic acids is 1. The Morgan fingerprint density at radius 3 is 2.38 bits per heavy atom. The second-order valence-corrected chi connectivity index (χ2v) is 4.00. The van der Waals surface area contributed by atoms with E-state index >= 15 is 0 Å². The zero-order valence-corrected chi connectivity index (χ0v) is 9.19. The third-order valence-corrected chi connectivity index (χ3v) is 2.51. The highest BCUT2D eigenvalue weighted by Crippen LogP contribution is 2.21. The number of rotatable bonds is 3. The second kappa shape index (κ2) is 5.25. The lowest BCUT2D eigenvalue weighted by Gasteiger charge is -2.06. The lowest BCUT2D eigenvalue weighted by molar-refractivity contribution is -0.197. The van der Waals surface area contributed by atoms with E-state index in [0.29, 0.717) is 0 Å². The number of alkyl halides is 3. The van der Waals surface area contributed by atoms with Gasteiger partial charge in [-0.15, -0.1) is 0 Å². The molecule has 88 valence electrons. The van der Waals surface area contributed by atoms with Crippen LogP contribution in [-0.4, -0.2) is 18.1 Å². The van der Waals surface area contributed by atoms with Crippen molar-refractivity contribution in [2.24, 2.45) is 0 Å². The van der Waals surface area contributed by atoms with Crippen molar-refractivity contribution in [2.45, 2.75) is 18.0 Å². The van der Waals surface area contributed by atoms with E-state index in [1.807, 2.05) is 19.1 Å². The molecular formula is C10H9F3O2S. The number of halogens is 3. The van der Waals surface area contributed by atoms with Crippen molar-refractivity contribution in [3.63, 3.8) is 0 Å². The van der Waals surface area contributed by atoms with Crippen LogP contribution >= 0.6 is 11.8 Å². The summed E-state index contributed by atoms with van der Waals surface area (Å²) in [6, 6.07) is 7.16. The smallest absolute Gasteiger partial charge is 0.448 e. The van der Waals surface area contributed by atoms with E-state index in [2.05, 4.69) is 4.74 Å². The molecule has 0 fully saturated rings. The van der Waals surface area contributed by atoms with Crippen LogP contribution < -0.4 is 0 Å². The van der Waals surface area contributed by atoms with E-state index in [1.165, 1.54) is 0 Å². The van der Waals surface area contributed by atoms with Gasteiger partial charge in [0.25, 0.3) is 0 Å². The number of thioether (sulfide) groups is 1. The summed E-state index contributed by atoms with van der Waals surface area (Å²) in [7, 11) is 0. The van der Waals surface area contributed by atoms with Crippen molar-refractivity contribution >= 4 is 17.7 Å². The fourth-order valence-corrected chi connectivity index (χ4v) is 1.50. The molecule has 1 aromatic rings. The second-order valence-electron chi connectivity index (χ2n) is 3.00. The van der Waals surface area contributed by atoms with Crippen LogP contribution in [0.3, 0.4) is 0 Å². The Bertz CT molecular complexity index is 359. The van der Waals surface area contributed by atoms with Crippen LogP contribution in [0.25, 0.3) is 0 Å². The van der Waals surface area contributed by atoms with Crippen molar-refractivity contribution in [2.75, 3.05) is 5.94 Å². The predicted octanol–water partition coefficient (Wildman–Crippen LogP) is 3.15. The van der Waals surface area contributed by atoms with E-state index < -0.39 is 12.1 Å². The van der Waals surface area contributed by atoms with Gasteiger partial charge in [-0.1, -0.05) is 29.5 Å². The molecule has 0 spiro atoms. The first-order valence-corrected chi connectivity index (χ1v) is 5.31. The normalized spacial score (nSPS) is 11.2. The first-order valence-electron chi connectivity index (χ1n) is 4.33. The van der Waals surface area contributed by atoms with Crippen molar-refractivity contribution in [3.05, 3.63) is 29.8 Å². The molecule has 2 nitrogen and oxygen atoms in total. The van der Waals surface area contributed by atoms with Crippen LogP contribution in [0.4, 0.5) is 13.2 Å². The molecule has 0 saturated carbocycles. The summed E-state index contributed by atoms with van der Waals surface area (Å²) >= 11 is 1.03. The van der Waals surface area contributed by atoms with Gasteiger partial charge in [0.05, 0.1) is 0 Å². The Morgan fingerprint density at radius 2 is 1.88 bits per heavy atom. The van der Waals surface area contributed by atoms with E-state index in [-0.39, 0.29) is 5.94 Å². The summed E-state index contributed by atoms with van der Waals surface area (Å²) in [5.74, 6) is -2.51. The predicted molar refractivity (Wildman–Crippen MR) is 54.1 cm³/mol. The Balaban J connectivity index is 2.36. The Kier molecular flexibility index (Phi) is 4.23. The summed E-state index contributed by atoms with van der Waals surface area (Å²) in [6.45, 7) is 1.90. The number of hydrogen-bond acceptors (Lipinski definition) is 3. The fraction of sp³-hybridized carbons (Fsp3) is 0.300. The number of esters is 1. The van der Waals surface area contributed by atoms with Gasteiger partial charge in [0.2, 0.25) is 0 Å². The molecular weight excluding hydrogens is 241 g/mol. The van der Waals surface area contributed by atoms with Crippen molar-refractivity contribution in [1.82, 2.24) is 0 Å². The molecule has 0 aliphatic rings. The molecule has 1 aromatic carbocycles. The van der Waals surface area contributed by atoms with Crippen molar-refractivity contribution in [1.29, 1.82) is 0 Å².